The van der Waals surface area contributed by atoms with E-state index >= 15 is 0 Å². The Hall–Kier alpha value is -0.650. The van der Waals surface area contributed by atoms with Crippen molar-refractivity contribution in [2.75, 3.05) is 26.3 Å². The maximum absolute atomic E-state index is 10.9. The molecule has 1 saturated carbocycles. The predicted octanol–water partition coefficient (Wildman–Crippen LogP) is -0.358. The van der Waals surface area contributed by atoms with Crippen LogP contribution >= 0.6 is 0 Å². The highest BCUT2D eigenvalue weighted by atomic mass is 16.5. The topological polar surface area (TPSA) is 70.6 Å². The second-order valence-electron chi connectivity index (χ2n) is 5.08. The minimum atomic E-state index is -0.452. The van der Waals surface area contributed by atoms with Crippen LogP contribution in [0.5, 0.6) is 0 Å². The molecule has 2 atom stereocenters. The first kappa shape index (κ1) is 12.8. The summed E-state index contributed by atoms with van der Waals surface area (Å²) < 4.78 is 5.42. The minimum absolute atomic E-state index is 0.122. The van der Waals surface area contributed by atoms with Crippen LogP contribution in [0.3, 0.4) is 0 Å². The highest BCUT2D eigenvalue weighted by Crippen LogP contribution is 2.28. The molecule has 0 aromatic heterocycles. The van der Waals surface area contributed by atoms with Crippen molar-refractivity contribution in [1.82, 2.24) is 10.6 Å². The zero-order chi connectivity index (χ0) is 12.1. The molecule has 17 heavy (non-hydrogen) atoms. The summed E-state index contributed by atoms with van der Waals surface area (Å²) >= 11 is 0. The summed E-state index contributed by atoms with van der Waals surface area (Å²) in [4.78, 5) is 10.9. The van der Waals surface area contributed by atoms with Crippen LogP contribution in [0, 0.1) is 5.92 Å². The van der Waals surface area contributed by atoms with Gasteiger partial charge in [0.05, 0.1) is 12.7 Å². The van der Waals surface area contributed by atoms with Crippen LogP contribution in [-0.4, -0.2) is 49.5 Å². The van der Waals surface area contributed by atoms with Crippen molar-refractivity contribution in [3.63, 3.8) is 0 Å². The summed E-state index contributed by atoms with van der Waals surface area (Å²) in [6.45, 7) is 2.39. The third-order valence-corrected chi connectivity index (χ3v) is 3.27. The second-order valence-corrected chi connectivity index (χ2v) is 5.08. The van der Waals surface area contributed by atoms with Crippen LogP contribution < -0.4 is 10.6 Å². The zero-order valence-corrected chi connectivity index (χ0v) is 10.2. The molecule has 1 aliphatic heterocycles. The van der Waals surface area contributed by atoms with E-state index in [1.807, 2.05) is 0 Å². The number of hydrogen-bond acceptors (Lipinski definition) is 4. The van der Waals surface area contributed by atoms with Gasteiger partial charge < -0.3 is 20.5 Å². The molecule has 1 saturated heterocycles. The number of aliphatic hydroxyl groups is 1. The number of amides is 1. The average Bonchev–Trinajstić information content (AvgIpc) is 3.12. The van der Waals surface area contributed by atoms with Gasteiger partial charge in [-0.2, -0.15) is 0 Å². The molecule has 5 nitrogen and oxygen atoms in total. The third kappa shape index (κ3) is 5.02. The predicted molar refractivity (Wildman–Crippen MR) is 63.6 cm³/mol. The molecule has 98 valence electrons. The first-order valence-corrected chi connectivity index (χ1v) is 6.50. The number of piperidine rings is 1. The van der Waals surface area contributed by atoms with Crippen molar-refractivity contribution in [1.29, 1.82) is 0 Å². The van der Waals surface area contributed by atoms with E-state index in [1.165, 1.54) is 12.8 Å². The van der Waals surface area contributed by atoms with Crippen LogP contribution in [0.1, 0.15) is 25.7 Å². The van der Waals surface area contributed by atoms with E-state index in [4.69, 9.17) is 4.74 Å². The maximum Gasteiger partial charge on any atom is 0.220 e. The monoisotopic (exact) mass is 242 g/mol. The summed E-state index contributed by atoms with van der Waals surface area (Å²) in [5.41, 5.74) is 0. The van der Waals surface area contributed by atoms with Crippen molar-refractivity contribution < 1.29 is 14.6 Å². The number of ether oxygens (including phenoxy) is 1. The molecule has 3 N–H and O–H groups in total. The molecule has 0 radical (unpaired) electrons. The fourth-order valence-electron chi connectivity index (χ4n) is 1.92. The number of carbonyl (C=O) groups excluding carboxylic acids is 1. The van der Waals surface area contributed by atoms with E-state index in [-0.39, 0.29) is 11.9 Å². The molecule has 0 spiro atoms. The fraction of sp³-hybridized carbons (Fsp3) is 0.917. The van der Waals surface area contributed by atoms with E-state index < -0.39 is 6.10 Å². The third-order valence-electron chi connectivity index (χ3n) is 3.27. The smallest absolute Gasteiger partial charge is 0.220 e. The molecule has 2 aliphatic rings. The largest absolute Gasteiger partial charge is 0.389 e. The summed E-state index contributed by atoms with van der Waals surface area (Å²) in [6, 6.07) is 0.283. The normalized spacial score (nSPS) is 26.6. The molecule has 2 rings (SSSR count). The van der Waals surface area contributed by atoms with Crippen LogP contribution in [-0.2, 0) is 9.53 Å². The molecule has 0 aromatic rings. The summed E-state index contributed by atoms with van der Waals surface area (Å²) in [7, 11) is 0. The van der Waals surface area contributed by atoms with Gasteiger partial charge in [-0.15, -0.1) is 0 Å². The molecule has 1 amide bonds. The van der Waals surface area contributed by atoms with Crippen molar-refractivity contribution in [3.05, 3.63) is 0 Å². The first-order valence-electron chi connectivity index (χ1n) is 6.50. The maximum atomic E-state index is 10.9. The Bertz CT molecular complexity index is 246. The molecule has 5 heteroatoms. The lowest BCUT2D eigenvalue weighted by Crippen LogP contribution is -2.48. The van der Waals surface area contributed by atoms with Gasteiger partial charge in [0, 0.05) is 32.2 Å². The highest BCUT2D eigenvalue weighted by Gasteiger charge is 2.22. The zero-order valence-electron chi connectivity index (χ0n) is 10.2. The van der Waals surface area contributed by atoms with Gasteiger partial charge in [0.2, 0.25) is 5.91 Å². The Labute approximate surface area is 102 Å². The number of aliphatic hydroxyl groups excluding tert-OH is 1. The van der Waals surface area contributed by atoms with E-state index in [1.54, 1.807) is 0 Å². The Kier molecular flexibility index (Phi) is 4.76. The standard InChI is InChI=1S/C12H22N2O3/c15-11(8-17-7-9-1-2-9)6-13-10-3-4-12(16)14-5-10/h9-11,13,15H,1-8H2,(H,14,16). The van der Waals surface area contributed by atoms with Crippen molar-refractivity contribution in [2.24, 2.45) is 5.92 Å². The van der Waals surface area contributed by atoms with Crippen molar-refractivity contribution in [3.8, 4) is 0 Å². The summed E-state index contributed by atoms with van der Waals surface area (Å²) in [5, 5.41) is 15.7. The van der Waals surface area contributed by atoms with Crippen LogP contribution in [0.15, 0.2) is 0 Å². The van der Waals surface area contributed by atoms with Gasteiger partial charge in [0.1, 0.15) is 0 Å². The lowest BCUT2D eigenvalue weighted by molar-refractivity contribution is -0.122. The number of rotatable bonds is 7. The molecule has 1 aliphatic carbocycles. The van der Waals surface area contributed by atoms with Crippen LogP contribution in [0.2, 0.25) is 0 Å². The van der Waals surface area contributed by atoms with Crippen LogP contribution in [0.25, 0.3) is 0 Å². The lowest BCUT2D eigenvalue weighted by atomic mass is 10.1. The van der Waals surface area contributed by atoms with E-state index in [2.05, 4.69) is 10.6 Å². The number of hydrogen-bond donors (Lipinski definition) is 3. The van der Waals surface area contributed by atoms with Gasteiger partial charge in [-0.1, -0.05) is 0 Å². The van der Waals surface area contributed by atoms with Gasteiger partial charge in [-0.25, -0.2) is 0 Å². The molecule has 2 fully saturated rings. The molecular weight excluding hydrogens is 220 g/mol. The van der Waals surface area contributed by atoms with Gasteiger partial charge in [-0.3, -0.25) is 4.79 Å². The van der Waals surface area contributed by atoms with Gasteiger partial charge in [0.25, 0.3) is 0 Å². The van der Waals surface area contributed by atoms with Gasteiger partial charge >= 0.3 is 0 Å². The first-order chi connectivity index (χ1) is 8.24. The Balaban J connectivity index is 1.49. The number of carbonyl (C=O) groups is 1. The second kappa shape index (κ2) is 6.33. The SMILES string of the molecule is O=C1CCC(NCC(O)COCC2CC2)CN1. The molecule has 2 unspecified atom stereocenters. The summed E-state index contributed by atoms with van der Waals surface area (Å²) in [5.74, 6) is 0.861. The van der Waals surface area contributed by atoms with Gasteiger partial charge in [-0.05, 0) is 25.2 Å². The number of nitrogens with one attached hydrogen (secondary N) is 2. The molecule has 0 aromatic carbocycles. The summed E-state index contributed by atoms with van der Waals surface area (Å²) in [6.07, 6.45) is 3.52. The quantitative estimate of drug-likeness (QED) is 0.570. The van der Waals surface area contributed by atoms with E-state index in [0.29, 0.717) is 26.1 Å². The van der Waals surface area contributed by atoms with E-state index in [0.717, 1.165) is 18.9 Å². The Morgan fingerprint density at radius 2 is 2.29 bits per heavy atom. The van der Waals surface area contributed by atoms with Crippen molar-refractivity contribution >= 4 is 5.91 Å². The molecule has 1 heterocycles. The Morgan fingerprint density at radius 1 is 1.47 bits per heavy atom. The molecule has 0 bridgehead atoms. The highest BCUT2D eigenvalue weighted by molar-refractivity contribution is 5.76. The lowest BCUT2D eigenvalue weighted by Gasteiger charge is -2.24. The van der Waals surface area contributed by atoms with Gasteiger partial charge in [0.15, 0.2) is 0 Å². The Morgan fingerprint density at radius 3 is 2.94 bits per heavy atom. The molecular formula is C12H22N2O3. The van der Waals surface area contributed by atoms with Crippen LogP contribution in [0.4, 0.5) is 0 Å². The average molecular weight is 242 g/mol. The van der Waals surface area contributed by atoms with E-state index in [9.17, 15) is 9.90 Å². The van der Waals surface area contributed by atoms with Crippen molar-refractivity contribution in [2.45, 2.75) is 37.8 Å². The fourth-order valence-corrected chi connectivity index (χ4v) is 1.92. The minimum Gasteiger partial charge on any atom is -0.389 e.